The highest BCUT2D eigenvalue weighted by atomic mass is 79.9. The van der Waals surface area contributed by atoms with Gasteiger partial charge in [0.05, 0.1) is 18.6 Å². The molecule has 1 heterocycles. The van der Waals surface area contributed by atoms with Crippen molar-refractivity contribution in [1.82, 2.24) is 10.2 Å². The first-order valence-electron chi connectivity index (χ1n) is 9.70. The Labute approximate surface area is 183 Å². The average molecular weight is 475 g/mol. The minimum atomic E-state index is -0.942. The molecule has 0 radical (unpaired) electrons. The number of hydrogen-bond donors (Lipinski definition) is 1. The van der Waals surface area contributed by atoms with Gasteiger partial charge in [0, 0.05) is 17.6 Å². The van der Waals surface area contributed by atoms with Crippen molar-refractivity contribution in [2.75, 3.05) is 19.7 Å². The molecule has 0 unspecified atom stereocenters. The van der Waals surface area contributed by atoms with Crippen molar-refractivity contribution in [3.63, 3.8) is 0 Å². The molecular formula is C22H23BrN2O5. The van der Waals surface area contributed by atoms with Gasteiger partial charge in [0.15, 0.2) is 0 Å². The number of rotatable bonds is 7. The maximum Gasteiger partial charge on any atom is 0.308 e. The first-order valence-corrected chi connectivity index (χ1v) is 10.5. The highest BCUT2D eigenvalue weighted by Crippen LogP contribution is 2.26. The van der Waals surface area contributed by atoms with Crippen molar-refractivity contribution in [2.24, 2.45) is 0 Å². The fourth-order valence-corrected chi connectivity index (χ4v) is 3.58. The zero-order chi connectivity index (χ0) is 21.5. The molecule has 2 amide bonds. The van der Waals surface area contributed by atoms with Crippen LogP contribution in [0.25, 0.3) is 0 Å². The second kappa shape index (κ2) is 10.2. The van der Waals surface area contributed by atoms with Crippen molar-refractivity contribution in [1.29, 1.82) is 0 Å². The highest BCUT2D eigenvalue weighted by molar-refractivity contribution is 9.10. The molecule has 2 aromatic carbocycles. The maximum absolute atomic E-state index is 13.3. The van der Waals surface area contributed by atoms with E-state index in [9.17, 15) is 14.4 Å². The SMILES string of the molecule is CCOc1ccc(Br)cc1C(=O)N1CCNC(=O)[C@H]1CC(=O)OCc1ccccc1. The summed E-state index contributed by atoms with van der Waals surface area (Å²) in [7, 11) is 0. The molecule has 1 aliphatic rings. The molecule has 1 fully saturated rings. The van der Waals surface area contributed by atoms with Gasteiger partial charge in [-0.25, -0.2) is 0 Å². The first kappa shape index (κ1) is 21.8. The number of hydrogen-bond acceptors (Lipinski definition) is 5. The number of nitrogens with one attached hydrogen (secondary N) is 1. The molecule has 3 rings (SSSR count). The zero-order valence-electron chi connectivity index (χ0n) is 16.6. The van der Waals surface area contributed by atoms with Crippen LogP contribution in [0.1, 0.15) is 29.3 Å². The highest BCUT2D eigenvalue weighted by Gasteiger charge is 2.36. The van der Waals surface area contributed by atoms with Gasteiger partial charge in [-0.1, -0.05) is 46.3 Å². The smallest absolute Gasteiger partial charge is 0.308 e. The summed E-state index contributed by atoms with van der Waals surface area (Å²) in [6.45, 7) is 2.95. The van der Waals surface area contributed by atoms with E-state index in [1.54, 1.807) is 18.2 Å². The van der Waals surface area contributed by atoms with Gasteiger partial charge in [-0.3, -0.25) is 14.4 Å². The molecule has 0 spiro atoms. The van der Waals surface area contributed by atoms with Gasteiger partial charge in [0.1, 0.15) is 18.4 Å². The summed E-state index contributed by atoms with van der Waals surface area (Å²) in [5.74, 6) is -0.852. The van der Waals surface area contributed by atoms with Crippen molar-refractivity contribution >= 4 is 33.7 Å². The second-order valence-corrected chi connectivity index (χ2v) is 7.64. The average Bonchev–Trinajstić information content (AvgIpc) is 2.75. The van der Waals surface area contributed by atoms with E-state index in [4.69, 9.17) is 9.47 Å². The Morgan fingerprint density at radius 3 is 2.70 bits per heavy atom. The predicted octanol–water partition coefficient (Wildman–Crippen LogP) is 2.92. The summed E-state index contributed by atoms with van der Waals surface area (Å²) < 4.78 is 11.6. The van der Waals surface area contributed by atoms with Crippen LogP contribution < -0.4 is 10.1 Å². The molecule has 30 heavy (non-hydrogen) atoms. The number of nitrogens with zero attached hydrogens (tertiary/aromatic N) is 1. The number of benzene rings is 2. The van der Waals surface area contributed by atoms with E-state index in [1.807, 2.05) is 37.3 Å². The van der Waals surface area contributed by atoms with Crippen LogP contribution in [-0.2, 0) is 20.9 Å². The van der Waals surface area contributed by atoms with Crippen LogP contribution in [0.5, 0.6) is 5.75 Å². The van der Waals surface area contributed by atoms with Gasteiger partial charge in [-0.2, -0.15) is 0 Å². The lowest BCUT2D eigenvalue weighted by Crippen LogP contribution is -2.57. The van der Waals surface area contributed by atoms with E-state index in [0.29, 0.717) is 31.0 Å². The maximum atomic E-state index is 13.3. The van der Waals surface area contributed by atoms with Gasteiger partial charge >= 0.3 is 5.97 Å². The van der Waals surface area contributed by atoms with Crippen LogP contribution in [0.4, 0.5) is 0 Å². The Morgan fingerprint density at radius 1 is 1.20 bits per heavy atom. The van der Waals surface area contributed by atoms with Gasteiger partial charge in [-0.15, -0.1) is 0 Å². The topological polar surface area (TPSA) is 84.9 Å². The van der Waals surface area contributed by atoms with Gasteiger partial charge in [0.2, 0.25) is 5.91 Å². The second-order valence-electron chi connectivity index (χ2n) is 6.73. The molecular weight excluding hydrogens is 452 g/mol. The lowest BCUT2D eigenvalue weighted by Gasteiger charge is -2.35. The van der Waals surface area contributed by atoms with Crippen LogP contribution in [0, 0.1) is 0 Å². The third-order valence-electron chi connectivity index (χ3n) is 4.67. The van der Waals surface area contributed by atoms with Gasteiger partial charge in [0.25, 0.3) is 5.91 Å². The zero-order valence-corrected chi connectivity index (χ0v) is 18.2. The van der Waals surface area contributed by atoms with Crippen molar-refractivity contribution in [2.45, 2.75) is 26.0 Å². The monoisotopic (exact) mass is 474 g/mol. The van der Waals surface area contributed by atoms with Crippen LogP contribution >= 0.6 is 15.9 Å². The Bertz CT molecular complexity index is 919. The van der Waals surface area contributed by atoms with E-state index in [0.717, 1.165) is 10.0 Å². The summed E-state index contributed by atoms with van der Waals surface area (Å²) in [5.41, 5.74) is 1.19. The third-order valence-corrected chi connectivity index (χ3v) is 5.16. The Morgan fingerprint density at radius 2 is 1.97 bits per heavy atom. The largest absolute Gasteiger partial charge is 0.493 e. The summed E-state index contributed by atoms with van der Waals surface area (Å²) in [4.78, 5) is 39.5. The minimum Gasteiger partial charge on any atom is -0.493 e. The van der Waals surface area contributed by atoms with E-state index < -0.39 is 12.0 Å². The Kier molecular flexibility index (Phi) is 7.46. The molecule has 158 valence electrons. The van der Waals surface area contributed by atoms with E-state index >= 15 is 0 Å². The van der Waals surface area contributed by atoms with E-state index in [2.05, 4.69) is 21.2 Å². The summed E-state index contributed by atoms with van der Waals surface area (Å²) in [5, 5.41) is 2.72. The number of carbonyl (C=O) groups is 3. The molecule has 1 atom stereocenters. The first-order chi connectivity index (χ1) is 14.5. The Hall–Kier alpha value is -2.87. The van der Waals surface area contributed by atoms with Gasteiger partial charge < -0.3 is 19.7 Å². The number of carbonyl (C=O) groups excluding carboxylic acids is 3. The fraction of sp³-hybridized carbons (Fsp3) is 0.318. The van der Waals surface area contributed by atoms with Crippen LogP contribution in [0.2, 0.25) is 0 Å². The van der Waals surface area contributed by atoms with E-state index in [-0.39, 0.29) is 24.8 Å². The van der Waals surface area contributed by atoms with Crippen LogP contribution in [-0.4, -0.2) is 48.4 Å². The third kappa shape index (κ3) is 5.38. The number of amides is 2. The molecule has 0 saturated carbocycles. The van der Waals surface area contributed by atoms with Crippen molar-refractivity contribution in [3.8, 4) is 5.75 Å². The predicted molar refractivity (Wildman–Crippen MR) is 114 cm³/mol. The molecule has 0 bridgehead atoms. The molecule has 0 aliphatic carbocycles. The standard InChI is InChI=1S/C22H23BrN2O5/c1-2-29-19-9-8-16(23)12-17(19)22(28)25-11-10-24-21(27)18(25)13-20(26)30-14-15-6-4-3-5-7-15/h3-9,12,18H,2,10-11,13-14H2,1H3,(H,24,27)/t18-/m1/s1. The van der Waals surface area contributed by atoms with E-state index in [1.165, 1.54) is 4.90 Å². The minimum absolute atomic E-state index is 0.113. The van der Waals surface area contributed by atoms with Crippen molar-refractivity contribution in [3.05, 3.63) is 64.1 Å². The molecule has 0 aromatic heterocycles. The summed E-state index contributed by atoms with van der Waals surface area (Å²) in [6, 6.07) is 13.5. The number of piperazine rings is 1. The lowest BCUT2D eigenvalue weighted by molar-refractivity contribution is -0.148. The molecule has 7 nitrogen and oxygen atoms in total. The summed E-state index contributed by atoms with van der Waals surface area (Å²) >= 11 is 3.37. The molecule has 8 heteroatoms. The summed E-state index contributed by atoms with van der Waals surface area (Å²) in [6.07, 6.45) is -0.220. The molecule has 1 aliphatic heterocycles. The molecule has 1 saturated heterocycles. The molecule has 1 N–H and O–H groups in total. The fourth-order valence-electron chi connectivity index (χ4n) is 3.22. The lowest BCUT2D eigenvalue weighted by atomic mass is 10.1. The number of halogens is 1. The van der Waals surface area contributed by atoms with Crippen LogP contribution in [0.15, 0.2) is 53.0 Å². The molecule has 2 aromatic rings. The number of ether oxygens (including phenoxy) is 2. The normalized spacial score (nSPS) is 16.0. The van der Waals surface area contributed by atoms with Gasteiger partial charge in [-0.05, 0) is 30.7 Å². The quantitative estimate of drug-likeness (QED) is 0.623. The number of esters is 1. The van der Waals surface area contributed by atoms with Crippen LogP contribution in [0.3, 0.4) is 0 Å². The van der Waals surface area contributed by atoms with Crippen molar-refractivity contribution < 1.29 is 23.9 Å². The Balaban J connectivity index is 1.74.